The molecule has 0 aliphatic carbocycles. The molecule has 0 unspecified atom stereocenters. The van der Waals surface area contributed by atoms with Gasteiger partial charge in [-0.15, -0.1) is 0 Å². The average Bonchev–Trinajstić information content (AvgIpc) is 2.49. The average molecular weight is 161 g/mol. The monoisotopic (exact) mass is 161 g/mol. The zero-order chi connectivity index (χ0) is 8.55. The van der Waals surface area contributed by atoms with Crippen LogP contribution in [0.1, 0.15) is 15.9 Å². The molecule has 1 aromatic carbocycles. The maximum Gasteiger partial charge on any atom is 0.271 e. The maximum absolute atomic E-state index is 10.8. The molecule has 1 aliphatic rings. The number of rotatable bonds is 1. The number of benzene rings is 1. The molecule has 1 aromatic rings. The Hall–Kier alpha value is -1.51. The fourth-order valence-electron chi connectivity index (χ4n) is 1.53. The van der Waals surface area contributed by atoms with Gasteiger partial charge in [0.2, 0.25) is 0 Å². The molecule has 2 N–H and O–H groups in total. The number of amides is 1. The summed E-state index contributed by atoms with van der Waals surface area (Å²) in [6, 6.07) is 5.50. The molecule has 0 aromatic heterocycles. The van der Waals surface area contributed by atoms with E-state index in [0.29, 0.717) is 5.56 Å². The quantitative estimate of drug-likeness (QED) is 0.670. The molecule has 3 heteroatoms. The Morgan fingerprint density at radius 2 is 2.33 bits per heavy atom. The SMILES string of the molecule is [NH]C(=O)c1cccc2c1NCC2. The highest BCUT2D eigenvalue weighted by molar-refractivity contribution is 5.99. The summed E-state index contributed by atoms with van der Waals surface area (Å²) in [6.45, 7) is 0.875. The molecule has 1 radical (unpaired) electrons. The Labute approximate surface area is 70.6 Å². The number of fused-ring (bicyclic) bond motifs is 1. The van der Waals surface area contributed by atoms with Gasteiger partial charge in [-0.3, -0.25) is 10.5 Å². The Kier molecular flexibility index (Phi) is 1.50. The molecular weight excluding hydrogens is 152 g/mol. The van der Waals surface area contributed by atoms with Crippen LogP contribution in [0.15, 0.2) is 18.2 Å². The van der Waals surface area contributed by atoms with Gasteiger partial charge < -0.3 is 5.32 Å². The smallest absolute Gasteiger partial charge is 0.271 e. The van der Waals surface area contributed by atoms with Gasteiger partial charge in [0.25, 0.3) is 5.91 Å². The van der Waals surface area contributed by atoms with Crippen LogP contribution in [0.4, 0.5) is 5.69 Å². The van der Waals surface area contributed by atoms with Crippen molar-refractivity contribution in [1.29, 1.82) is 0 Å². The predicted molar refractivity (Wildman–Crippen MR) is 46.1 cm³/mol. The number of carbonyl (C=O) groups is 1. The Morgan fingerprint density at radius 1 is 1.50 bits per heavy atom. The van der Waals surface area contributed by atoms with Gasteiger partial charge in [0, 0.05) is 6.54 Å². The van der Waals surface area contributed by atoms with Gasteiger partial charge in [0.15, 0.2) is 0 Å². The fourth-order valence-corrected chi connectivity index (χ4v) is 1.53. The van der Waals surface area contributed by atoms with Gasteiger partial charge in [0.1, 0.15) is 0 Å². The minimum atomic E-state index is -0.610. The second-order valence-electron chi connectivity index (χ2n) is 2.85. The van der Waals surface area contributed by atoms with Gasteiger partial charge in [0.05, 0.1) is 11.3 Å². The van der Waals surface area contributed by atoms with Crippen LogP contribution in [-0.2, 0) is 6.42 Å². The second-order valence-corrected chi connectivity index (χ2v) is 2.85. The van der Waals surface area contributed by atoms with E-state index in [4.69, 9.17) is 5.73 Å². The Morgan fingerprint density at radius 3 is 3.08 bits per heavy atom. The number of nitrogens with one attached hydrogen (secondary N) is 2. The summed E-state index contributed by atoms with van der Waals surface area (Å²) < 4.78 is 0. The molecule has 0 saturated carbocycles. The highest BCUT2D eigenvalue weighted by Gasteiger charge is 2.16. The van der Waals surface area contributed by atoms with Gasteiger partial charge in [-0.05, 0) is 18.1 Å². The molecular formula is C9H9N2O. The van der Waals surface area contributed by atoms with E-state index < -0.39 is 5.91 Å². The fraction of sp³-hybridized carbons (Fsp3) is 0.222. The second kappa shape index (κ2) is 2.52. The molecule has 0 spiro atoms. The highest BCUT2D eigenvalue weighted by atomic mass is 16.1. The third-order valence-corrected chi connectivity index (χ3v) is 2.09. The van der Waals surface area contributed by atoms with E-state index in [9.17, 15) is 4.79 Å². The summed E-state index contributed by atoms with van der Waals surface area (Å²) in [7, 11) is 0. The van der Waals surface area contributed by atoms with Crippen LogP contribution in [0.5, 0.6) is 0 Å². The topological polar surface area (TPSA) is 52.9 Å². The van der Waals surface area contributed by atoms with E-state index in [1.54, 1.807) is 6.07 Å². The van der Waals surface area contributed by atoms with Gasteiger partial charge in [-0.2, -0.15) is 0 Å². The van der Waals surface area contributed by atoms with Crippen molar-refractivity contribution in [1.82, 2.24) is 5.73 Å². The van der Waals surface area contributed by atoms with Gasteiger partial charge >= 0.3 is 0 Å². The van der Waals surface area contributed by atoms with Crippen LogP contribution in [0.2, 0.25) is 0 Å². The van der Waals surface area contributed by atoms with Gasteiger partial charge in [-0.25, -0.2) is 0 Å². The third-order valence-electron chi connectivity index (χ3n) is 2.09. The summed E-state index contributed by atoms with van der Waals surface area (Å²) in [4.78, 5) is 10.8. The minimum Gasteiger partial charge on any atom is -0.384 e. The van der Waals surface area contributed by atoms with Crippen molar-refractivity contribution in [3.63, 3.8) is 0 Å². The van der Waals surface area contributed by atoms with E-state index in [0.717, 1.165) is 24.2 Å². The number of hydrogen-bond donors (Lipinski definition) is 1. The predicted octanol–water partition coefficient (Wildman–Crippen LogP) is 1.08. The molecule has 1 aliphatic heterocycles. The summed E-state index contributed by atoms with van der Waals surface area (Å²) in [5.41, 5.74) is 9.50. The van der Waals surface area contributed by atoms with Gasteiger partial charge in [-0.1, -0.05) is 12.1 Å². The van der Waals surface area contributed by atoms with E-state index in [1.807, 2.05) is 12.1 Å². The lowest BCUT2D eigenvalue weighted by molar-refractivity contribution is 0.0993. The first-order valence-electron chi connectivity index (χ1n) is 3.91. The zero-order valence-corrected chi connectivity index (χ0v) is 6.55. The van der Waals surface area contributed by atoms with Crippen molar-refractivity contribution >= 4 is 11.6 Å². The summed E-state index contributed by atoms with van der Waals surface area (Å²) in [5.74, 6) is -0.610. The lowest BCUT2D eigenvalue weighted by Gasteiger charge is -2.03. The van der Waals surface area contributed by atoms with Crippen molar-refractivity contribution in [2.75, 3.05) is 11.9 Å². The summed E-state index contributed by atoms with van der Waals surface area (Å²) in [6.07, 6.45) is 0.955. The lowest BCUT2D eigenvalue weighted by Crippen LogP contribution is -2.03. The first-order valence-corrected chi connectivity index (χ1v) is 3.91. The van der Waals surface area contributed by atoms with Crippen molar-refractivity contribution in [3.05, 3.63) is 29.3 Å². The van der Waals surface area contributed by atoms with Crippen LogP contribution in [0.25, 0.3) is 0 Å². The molecule has 0 bridgehead atoms. The van der Waals surface area contributed by atoms with Crippen molar-refractivity contribution in [2.24, 2.45) is 0 Å². The highest BCUT2D eigenvalue weighted by Crippen LogP contribution is 2.25. The van der Waals surface area contributed by atoms with E-state index in [-0.39, 0.29) is 0 Å². The molecule has 1 amide bonds. The third kappa shape index (κ3) is 0.942. The van der Waals surface area contributed by atoms with Crippen LogP contribution in [-0.4, -0.2) is 12.5 Å². The molecule has 0 atom stereocenters. The number of anilines is 1. The van der Waals surface area contributed by atoms with Crippen LogP contribution >= 0.6 is 0 Å². The van der Waals surface area contributed by atoms with Crippen molar-refractivity contribution in [3.8, 4) is 0 Å². The first-order chi connectivity index (χ1) is 5.79. The molecule has 61 valence electrons. The van der Waals surface area contributed by atoms with E-state index in [1.165, 1.54) is 0 Å². The van der Waals surface area contributed by atoms with Crippen LogP contribution < -0.4 is 11.1 Å². The Bertz CT molecular complexity index is 333. The number of para-hydroxylation sites is 1. The number of carbonyl (C=O) groups excluding carboxylic acids is 1. The van der Waals surface area contributed by atoms with Crippen molar-refractivity contribution < 1.29 is 4.79 Å². The molecule has 3 nitrogen and oxygen atoms in total. The van der Waals surface area contributed by atoms with E-state index >= 15 is 0 Å². The largest absolute Gasteiger partial charge is 0.384 e. The standard InChI is InChI=1S/C9H9N2O/c10-9(12)7-3-1-2-6-4-5-11-8(6)7/h1-3,10-11H,4-5H2. The molecule has 1 heterocycles. The normalized spacial score (nSPS) is 13.7. The summed E-state index contributed by atoms with van der Waals surface area (Å²) >= 11 is 0. The zero-order valence-electron chi connectivity index (χ0n) is 6.55. The molecule has 12 heavy (non-hydrogen) atoms. The summed E-state index contributed by atoms with van der Waals surface area (Å²) in [5, 5.41) is 3.11. The van der Waals surface area contributed by atoms with Crippen LogP contribution in [0, 0.1) is 0 Å². The maximum atomic E-state index is 10.8. The first kappa shape index (κ1) is 7.16. The Balaban J connectivity index is 2.56. The minimum absolute atomic E-state index is 0.491. The van der Waals surface area contributed by atoms with Crippen molar-refractivity contribution in [2.45, 2.75) is 6.42 Å². The lowest BCUT2D eigenvalue weighted by atomic mass is 10.1. The molecule has 0 saturated heterocycles. The van der Waals surface area contributed by atoms with Crippen LogP contribution in [0.3, 0.4) is 0 Å². The number of hydrogen-bond acceptors (Lipinski definition) is 2. The van der Waals surface area contributed by atoms with E-state index in [2.05, 4.69) is 5.32 Å². The molecule has 0 fully saturated rings. The molecule has 2 rings (SSSR count).